The molecule has 0 aliphatic heterocycles. The molecule has 0 aliphatic carbocycles. The first-order chi connectivity index (χ1) is 10.1. The smallest absolute Gasteiger partial charge is 0.129 e. The van der Waals surface area contributed by atoms with Crippen molar-refractivity contribution < 1.29 is 13.5 Å². The van der Waals surface area contributed by atoms with Crippen molar-refractivity contribution in [2.75, 3.05) is 13.7 Å². The summed E-state index contributed by atoms with van der Waals surface area (Å²) in [5.41, 5.74) is 0.511. The number of benzene rings is 1. The minimum absolute atomic E-state index is 0.00110. The lowest BCUT2D eigenvalue weighted by atomic mass is 10.0. The molecule has 1 unspecified atom stereocenters. The van der Waals surface area contributed by atoms with Gasteiger partial charge in [-0.25, -0.2) is 8.78 Å². The summed E-state index contributed by atoms with van der Waals surface area (Å²) < 4.78 is 32.0. The molecule has 21 heavy (non-hydrogen) atoms. The van der Waals surface area contributed by atoms with E-state index in [1.54, 1.807) is 18.4 Å². The standard InChI is InChI=1S/C16H19F2NOS/c1-3-6-19-15(16-9-13(20-2)10-21-16)7-11-4-5-12(17)8-14(11)18/h4-5,8-10,15,19H,3,6-7H2,1-2H3. The largest absolute Gasteiger partial charge is 0.496 e. The Balaban J connectivity index is 2.19. The van der Waals surface area contributed by atoms with Crippen LogP contribution in [0.15, 0.2) is 29.6 Å². The summed E-state index contributed by atoms with van der Waals surface area (Å²) in [6, 6.07) is 5.69. The summed E-state index contributed by atoms with van der Waals surface area (Å²) in [4.78, 5) is 1.09. The van der Waals surface area contributed by atoms with Gasteiger partial charge >= 0.3 is 0 Å². The summed E-state index contributed by atoms with van der Waals surface area (Å²) in [5, 5.41) is 5.34. The first-order valence-electron chi connectivity index (χ1n) is 6.93. The number of thiophene rings is 1. The molecule has 2 rings (SSSR count). The third kappa shape index (κ3) is 4.25. The molecule has 1 aromatic heterocycles. The first-order valence-corrected chi connectivity index (χ1v) is 7.81. The number of halogens is 2. The SMILES string of the molecule is CCCNC(Cc1ccc(F)cc1F)c1cc(OC)cs1. The maximum absolute atomic E-state index is 13.8. The van der Waals surface area contributed by atoms with E-state index in [1.807, 2.05) is 11.4 Å². The zero-order chi connectivity index (χ0) is 15.2. The number of hydrogen-bond acceptors (Lipinski definition) is 3. The van der Waals surface area contributed by atoms with Crippen LogP contribution < -0.4 is 10.1 Å². The van der Waals surface area contributed by atoms with Gasteiger partial charge in [0.2, 0.25) is 0 Å². The third-order valence-electron chi connectivity index (χ3n) is 3.25. The predicted octanol–water partition coefficient (Wildman–Crippen LogP) is 4.32. The lowest BCUT2D eigenvalue weighted by Crippen LogP contribution is -2.23. The Morgan fingerprint density at radius 1 is 1.29 bits per heavy atom. The molecule has 0 aliphatic rings. The van der Waals surface area contributed by atoms with Crippen LogP contribution in [0.1, 0.15) is 29.8 Å². The topological polar surface area (TPSA) is 21.3 Å². The van der Waals surface area contributed by atoms with Crippen LogP contribution in [0.5, 0.6) is 5.75 Å². The highest BCUT2D eigenvalue weighted by Crippen LogP contribution is 2.29. The normalized spacial score (nSPS) is 12.4. The summed E-state index contributed by atoms with van der Waals surface area (Å²) in [5.74, 6) is -0.244. The molecule has 1 N–H and O–H groups in total. The average Bonchev–Trinajstić information content (AvgIpc) is 2.94. The molecule has 1 heterocycles. The van der Waals surface area contributed by atoms with Gasteiger partial charge in [0, 0.05) is 22.4 Å². The Kier molecular flexibility index (Phi) is 5.70. The van der Waals surface area contributed by atoms with E-state index in [0.717, 1.165) is 29.7 Å². The van der Waals surface area contributed by atoms with Crippen LogP contribution in [0, 0.1) is 11.6 Å². The Bertz CT molecular complexity index is 585. The van der Waals surface area contributed by atoms with E-state index >= 15 is 0 Å². The number of hydrogen-bond donors (Lipinski definition) is 1. The Labute approximate surface area is 127 Å². The van der Waals surface area contributed by atoms with Crippen molar-refractivity contribution in [3.8, 4) is 5.75 Å². The van der Waals surface area contributed by atoms with E-state index in [9.17, 15) is 8.78 Å². The number of ether oxygens (including phenoxy) is 1. The van der Waals surface area contributed by atoms with Crippen LogP contribution in [0.3, 0.4) is 0 Å². The predicted molar refractivity (Wildman–Crippen MR) is 82.0 cm³/mol. The van der Waals surface area contributed by atoms with Crippen LogP contribution >= 0.6 is 11.3 Å². The molecule has 0 saturated heterocycles. The Hall–Kier alpha value is -1.46. The van der Waals surface area contributed by atoms with Crippen molar-refractivity contribution in [2.24, 2.45) is 0 Å². The minimum Gasteiger partial charge on any atom is -0.496 e. The number of methoxy groups -OCH3 is 1. The summed E-state index contributed by atoms with van der Waals surface area (Å²) >= 11 is 1.58. The summed E-state index contributed by atoms with van der Waals surface area (Å²) in [6.07, 6.45) is 1.47. The fourth-order valence-electron chi connectivity index (χ4n) is 2.12. The molecule has 0 fully saturated rings. The summed E-state index contributed by atoms with van der Waals surface area (Å²) in [6.45, 7) is 2.92. The van der Waals surface area contributed by atoms with Crippen LogP contribution in [-0.2, 0) is 6.42 Å². The van der Waals surface area contributed by atoms with Gasteiger partial charge < -0.3 is 10.1 Å². The van der Waals surface area contributed by atoms with Crippen molar-refractivity contribution in [2.45, 2.75) is 25.8 Å². The maximum Gasteiger partial charge on any atom is 0.129 e. The second kappa shape index (κ2) is 7.52. The Morgan fingerprint density at radius 3 is 2.71 bits per heavy atom. The van der Waals surface area contributed by atoms with Gasteiger partial charge in [-0.1, -0.05) is 13.0 Å². The van der Waals surface area contributed by atoms with Crippen molar-refractivity contribution >= 4 is 11.3 Å². The fraction of sp³-hybridized carbons (Fsp3) is 0.375. The maximum atomic E-state index is 13.8. The summed E-state index contributed by atoms with van der Waals surface area (Å²) in [7, 11) is 1.62. The van der Waals surface area contributed by atoms with Gasteiger partial charge in [0.15, 0.2) is 0 Å². The molecule has 114 valence electrons. The van der Waals surface area contributed by atoms with Crippen molar-refractivity contribution in [3.05, 3.63) is 51.7 Å². The van der Waals surface area contributed by atoms with Gasteiger partial charge in [-0.2, -0.15) is 0 Å². The highest BCUT2D eigenvalue weighted by Gasteiger charge is 2.16. The Morgan fingerprint density at radius 2 is 2.10 bits per heavy atom. The lowest BCUT2D eigenvalue weighted by Gasteiger charge is -2.17. The van der Waals surface area contributed by atoms with Gasteiger partial charge in [0.1, 0.15) is 17.4 Å². The van der Waals surface area contributed by atoms with Crippen LogP contribution in [-0.4, -0.2) is 13.7 Å². The van der Waals surface area contributed by atoms with Gasteiger partial charge in [-0.15, -0.1) is 11.3 Å². The minimum atomic E-state index is -0.549. The number of nitrogens with one attached hydrogen (secondary N) is 1. The molecular weight excluding hydrogens is 292 g/mol. The van der Waals surface area contributed by atoms with E-state index in [4.69, 9.17) is 4.74 Å². The van der Waals surface area contributed by atoms with E-state index in [0.29, 0.717) is 12.0 Å². The quantitative estimate of drug-likeness (QED) is 0.822. The van der Waals surface area contributed by atoms with Crippen LogP contribution in [0.4, 0.5) is 8.78 Å². The van der Waals surface area contributed by atoms with Gasteiger partial charge in [-0.3, -0.25) is 0 Å². The first kappa shape index (κ1) is 15.9. The second-order valence-corrected chi connectivity index (χ2v) is 5.78. The highest BCUT2D eigenvalue weighted by atomic mass is 32.1. The molecule has 0 amide bonds. The van der Waals surface area contributed by atoms with Crippen molar-refractivity contribution in [3.63, 3.8) is 0 Å². The molecule has 5 heteroatoms. The second-order valence-electron chi connectivity index (χ2n) is 4.84. The van der Waals surface area contributed by atoms with E-state index < -0.39 is 11.6 Å². The van der Waals surface area contributed by atoms with Crippen molar-refractivity contribution in [1.82, 2.24) is 5.32 Å². The van der Waals surface area contributed by atoms with Crippen LogP contribution in [0.25, 0.3) is 0 Å². The fourth-order valence-corrected chi connectivity index (χ4v) is 3.05. The monoisotopic (exact) mass is 311 g/mol. The van der Waals surface area contributed by atoms with Gasteiger partial charge in [0.25, 0.3) is 0 Å². The molecule has 0 radical (unpaired) electrons. The van der Waals surface area contributed by atoms with E-state index in [2.05, 4.69) is 12.2 Å². The third-order valence-corrected chi connectivity index (χ3v) is 4.28. The average molecular weight is 311 g/mol. The molecule has 0 saturated carbocycles. The highest BCUT2D eigenvalue weighted by molar-refractivity contribution is 7.10. The van der Waals surface area contributed by atoms with Crippen LogP contribution in [0.2, 0.25) is 0 Å². The number of rotatable bonds is 7. The van der Waals surface area contributed by atoms with E-state index in [1.165, 1.54) is 12.1 Å². The molecule has 0 spiro atoms. The van der Waals surface area contributed by atoms with E-state index in [-0.39, 0.29) is 6.04 Å². The molecule has 0 bridgehead atoms. The zero-order valence-electron chi connectivity index (χ0n) is 12.2. The van der Waals surface area contributed by atoms with Crippen molar-refractivity contribution in [1.29, 1.82) is 0 Å². The molecular formula is C16H19F2NOS. The zero-order valence-corrected chi connectivity index (χ0v) is 13.0. The van der Waals surface area contributed by atoms with Gasteiger partial charge in [-0.05, 0) is 37.1 Å². The molecule has 2 nitrogen and oxygen atoms in total. The molecule has 1 aromatic carbocycles. The lowest BCUT2D eigenvalue weighted by molar-refractivity contribution is 0.415. The molecule has 1 atom stereocenters. The molecule has 2 aromatic rings. The van der Waals surface area contributed by atoms with Gasteiger partial charge in [0.05, 0.1) is 7.11 Å².